The lowest BCUT2D eigenvalue weighted by Gasteiger charge is -1.90. The van der Waals surface area contributed by atoms with Crippen LogP contribution in [0.15, 0.2) is 30.5 Å². The fraction of sp³-hybridized carbons (Fsp3) is 0. The van der Waals surface area contributed by atoms with Crippen molar-refractivity contribution in [3.63, 3.8) is 0 Å². The molecule has 0 aliphatic carbocycles. The van der Waals surface area contributed by atoms with E-state index in [4.69, 9.17) is 0 Å². The van der Waals surface area contributed by atoms with Crippen molar-refractivity contribution in [3.8, 4) is 0 Å². The molecule has 0 aliphatic heterocycles. The first-order valence-corrected chi connectivity index (χ1v) is 4.17. The summed E-state index contributed by atoms with van der Waals surface area (Å²) in [5, 5.41) is 1.31. The molecule has 0 unspecified atom stereocenters. The molecule has 0 atom stereocenters. The molecular formula is C8H7ClIN. The smallest absolute Gasteiger partial charge is 0.0464 e. The van der Waals surface area contributed by atoms with Gasteiger partial charge in [0.05, 0.1) is 0 Å². The number of nitrogens with one attached hydrogen (secondary N) is 1. The van der Waals surface area contributed by atoms with Crippen LogP contribution in [-0.4, -0.2) is 4.98 Å². The second-order valence-electron chi connectivity index (χ2n) is 2.18. The monoisotopic (exact) mass is 279 g/mol. The van der Waals surface area contributed by atoms with E-state index in [0.717, 1.165) is 0 Å². The van der Waals surface area contributed by atoms with Gasteiger partial charge in [-0.3, -0.25) is 0 Å². The molecule has 11 heavy (non-hydrogen) atoms. The predicted molar refractivity (Wildman–Crippen MR) is 58.3 cm³/mol. The topological polar surface area (TPSA) is 15.8 Å². The Bertz CT molecular complexity index is 356. The molecule has 0 saturated carbocycles. The number of halogens is 2. The minimum absolute atomic E-state index is 0. The molecule has 2 aromatic rings. The summed E-state index contributed by atoms with van der Waals surface area (Å²) in [7, 11) is 0. The van der Waals surface area contributed by atoms with Gasteiger partial charge >= 0.3 is 0 Å². The Morgan fingerprint density at radius 1 is 1.18 bits per heavy atom. The van der Waals surface area contributed by atoms with Crippen molar-refractivity contribution in [2.45, 2.75) is 0 Å². The average molecular weight is 280 g/mol. The fourth-order valence-electron chi connectivity index (χ4n) is 1.05. The van der Waals surface area contributed by atoms with E-state index in [1.807, 2.05) is 6.20 Å². The van der Waals surface area contributed by atoms with Crippen LogP contribution in [0, 0.1) is 3.57 Å². The molecule has 1 N–H and O–H groups in total. The zero-order chi connectivity index (χ0) is 6.97. The lowest BCUT2D eigenvalue weighted by molar-refractivity contribution is 1.48. The Morgan fingerprint density at radius 3 is 2.73 bits per heavy atom. The maximum absolute atomic E-state index is 3.16. The van der Waals surface area contributed by atoms with Crippen molar-refractivity contribution in [2.75, 3.05) is 0 Å². The number of aromatic nitrogens is 1. The first kappa shape index (κ1) is 8.87. The molecule has 3 heteroatoms. The van der Waals surface area contributed by atoms with Gasteiger partial charge in [-0.05, 0) is 40.8 Å². The Balaban J connectivity index is 0.000000605. The van der Waals surface area contributed by atoms with Crippen LogP contribution in [0.5, 0.6) is 0 Å². The van der Waals surface area contributed by atoms with Crippen LogP contribution >= 0.6 is 35.0 Å². The number of fused-ring (bicyclic) bond motifs is 1. The van der Waals surface area contributed by atoms with Crippen LogP contribution < -0.4 is 0 Å². The Labute approximate surface area is 84.7 Å². The molecule has 2 rings (SSSR count). The van der Waals surface area contributed by atoms with Crippen molar-refractivity contribution in [1.29, 1.82) is 0 Å². The first-order valence-electron chi connectivity index (χ1n) is 3.09. The van der Waals surface area contributed by atoms with Crippen molar-refractivity contribution >= 4 is 45.9 Å². The third-order valence-electron chi connectivity index (χ3n) is 1.54. The van der Waals surface area contributed by atoms with Crippen LogP contribution in [0.1, 0.15) is 0 Å². The van der Waals surface area contributed by atoms with Crippen molar-refractivity contribution in [1.82, 2.24) is 4.98 Å². The minimum Gasteiger partial charge on any atom is -0.361 e. The number of benzene rings is 1. The third-order valence-corrected chi connectivity index (χ3v) is 2.48. The molecular weight excluding hydrogens is 272 g/mol. The summed E-state index contributed by atoms with van der Waals surface area (Å²) < 4.78 is 1.30. The van der Waals surface area contributed by atoms with Gasteiger partial charge in [0.2, 0.25) is 0 Å². The van der Waals surface area contributed by atoms with E-state index >= 15 is 0 Å². The van der Waals surface area contributed by atoms with Crippen LogP contribution in [0.4, 0.5) is 0 Å². The number of aromatic amines is 1. The van der Waals surface area contributed by atoms with Crippen molar-refractivity contribution < 1.29 is 0 Å². The van der Waals surface area contributed by atoms with Crippen LogP contribution in [-0.2, 0) is 0 Å². The average Bonchev–Trinajstić information content (AvgIpc) is 2.36. The van der Waals surface area contributed by atoms with E-state index in [9.17, 15) is 0 Å². The number of hydrogen-bond donors (Lipinski definition) is 1. The maximum atomic E-state index is 3.16. The molecule has 58 valence electrons. The highest BCUT2D eigenvalue weighted by atomic mass is 127. The van der Waals surface area contributed by atoms with Crippen molar-refractivity contribution in [3.05, 3.63) is 34.0 Å². The van der Waals surface area contributed by atoms with E-state index in [-0.39, 0.29) is 12.4 Å². The van der Waals surface area contributed by atoms with Gasteiger partial charge in [0, 0.05) is 20.7 Å². The number of rotatable bonds is 0. The predicted octanol–water partition coefficient (Wildman–Crippen LogP) is 3.19. The van der Waals surface area contributed by atoms with Gasteiger partial charge in [0.15, 0.2) is 0 Å². The van der Waals surface area contributed by atoms with E-state index in [0.29, 0.717) is 0 Å². The fourth-order valence-corrected chi connectivity index (χ4v) is 1.73. The van der Waals surface area contributed by atoms with E-state index in [1.54, 1.807) is 0 Å². The van der Waals surface area contributed by atoms with E-state index in [2.05, 4.69) is 51.8 Å². The van der Waals surface area contributed by atoms with Gasteiger partial charge < -0.3 is 4.98 Å². The largest absolute Gasteiger partial charge is 0.361 e. The van der Waals surface area contributed by atoms with E-state index in [1.165, 1.54) is 14.5 Å². The Kier molecular flexibility index (Phi) is 2.78. The van der Waals surface area contributed by atoms with Gasteiger partial charge in [0.1, 0.15) is 0 Å². The van der Waals surface area contributed by atoms with Gasteiger partial charge in [-0.15, -0.1) is 12.4 Å². The Morgan fingerprint density at radius 2 is 2.00 bits per heavy atom. The summed E-state index contributed by atoms with van der Waals surface area (Å²) in [6.45, 7) is 0. The molecule has 1 aromatic heterocycles. The summed E-state index contributed by atoms with van der Waals surface area (Å²) >= 11 is 2.33. The number of H-pyrrole nitrogens is 1. The van der Waals surface area contributed by atoms with Crippen molar-refractivity contribution in [2.24, 2.45) is 0 Å². The van der Waals surface area contributed by atoms with Gasteiger partial charge in [0.25, 0.3) is 0 Å². The molecule has 1 heterocycles. The highest BCUT2D eigenvalue weighted by Gasteiger charge is 1.95. The zero-order valence-corrected chi connectivity index (χ0v) is 8.65. The molecule has 0 spiro atoms. The summed E-state index contributed by atoms with van der Waals surface area (Å²) in [6, 6.07) is 8.34. The summed E-state index contributed by atoms with van der Waals surface area (Å²) in [5.74, 6) is 0. The molecule has 1 aromatic carbocycles. The van der Waals surface area contributed by atoms with Crippen LogP contribution in [0.25, 0.3) is 10.9 Å². The molecule has 0 saturated heterocycles. The normalized spacial score (nSPS) is 9.55. The third kappa shape index (κ3) is 1.51. The number of hydrogen-bond acceptors (Lipinski definition) is 0. The molecule has 1 nitrogen and oxygen atoms in total. The second-order valence-corrected chi connectivity index (χ2v) is 3.34. The zero-order valence-electron chi connectivity index (χ0n) is 5.67. The maximum Gasteiger partial charge on any atom is 0.0464 e. The molecule has 0 bridgehead atoms. The summed E-state index contributed by atoms with van der Waals surface area (Å²) in [4.78, 5) is 3.16. The van der Waals surface area contributed by atoms with Gasteiger partial charge in [-0.25, -0.2) is 0 Å². The lowest BCUT2D eigenvalue weighted by Crippen LogP contribution is -1.70. The second kappa shape index (κ2) is 3.45. The summed E-state index contributed by atoms with van der Waals surface area (Å²) in [6.07, 6.45) is 1.97. The highest BCUT2D eigenvalue weighted by Crippen LogP contribution is 2.18. The Hall–Kier alpha value is -0.220. The lowest BCUT2D eigenvalue weighted by atomic mass is 10.3. The standard InChI is InChI=1S/C8H6IN.ClH/c9-7-2-1-3-8-6(7)4-5-10-8;/h1-5,10H;1H. The highest BCUT2D eigenvalue weighted by molar-refractivity contribution is 14.1. The summed E-state index contributed by atoms with van der Waals surface area (Å²) in [5.41, 5.74) is 1.21. The van der Waals surface area contributed by atoms with Crippen LogP contribution in [0.2, 0.25) is 0 Å². The van der Waals surface area contributed by atoms with Gasteiger partial charge in [-0.1, -0.05) is 6.07 Å². The van der Waals surface area contributed by atoms with Crippen LogP contribution in [0.3, 0.4) is 0 Å². The first-order chi connectivity index (χ1) is 4.88. The molecule has 0 radical (unpaired) electrons. The molecule has 0 aliphatic rings. The molecule has 0 fully saturated rings. The van der Waals surface area contributed by atoms with E-state index < -0.39 is 0 Å². The molecule has 0 amide bonds. The SMILES string of the molecule is Cl.Ic1cccc2[nH]ccc12. The quantitative estimate of drug-likeness (QED) is 0.713. The minimum atomic E-state index is 0. The van der Waals surface area contributed by atoms with Gasteiger partial charge in [-0.2, -0.15) is 0 Å².